The lowest BCUT2D eigenvalue weighted by Crippen LogP contribution is -2.43. The fourth-order valence-corrected chi connectivity index (χ4v) is 1.97. The van der Waals surface area contributed by atoms with E-state index in [0.29, 0.717) is 19.4 Å². The first-order chi connectivity index (χ1) is 8.23. The van der Waals surface area contributed by atoms with Crippen LogP contribution in [0.2, 0.25) is 0 Å². The van der Waals surface area contributed by atoms with Crippen LogP contribution in [0.4, 0.5) is 4.79 Å². The van der Waals surface area contributed by atoms with E-state index in [0.717, 1.165) is 12.8 Å². The third-order valence-electron chi connectivity index (χ3n) is 3.40. The number of aliphatic carboxylic acids is 1. The minimum atomic E-state index is -0.795. The Bertz CT molecular complexity index is 364. The van der Waals surface area contributed by atoms with Crippen molar-refractivity contribution in [2.75, 3.05) is 6.54 Å². The monoisotopic (exact) mass is 255 g/mol. The normalized spacial score (nSPS) is 21.3. The second-order valence-electron chi connectivity index (χ2n) is 6.42. The summed E-state index contributed by atoms with van der Waals surface area (Å²) in [5, 5.41) is 9.19. The van der Waals surface area contributed by atoms with Crippen LogP contribution >= 0.6 is 0 Å². The van der Waals surface area contributed by atoms with E-state index in [4.69, 9.17) is 4.74 Å². The van der Waals surface area contributed by atoms with Gasteiger partial charge in [-0.05, 0) is 46.5 Å². The van der Waals surface area contributed by atoms with Crippen molar-refractivity contribution in [3.63, 3.8) is 0 Å². The van der Waals surface area contributed by atoms with Crippen molar-refractivity contribution in [3.8, 4) is 0 Å². The Hall–Kier alpha value is -1.26. The highest BCUT2D eigenvalue weighted by atomic mass is 16.6. The van der Waals surface area contributed by atoms with Gasteiger partial charge in [0, 0.05) is 12.6 Å². The number of ether oxygens (including phenoxy) is 1. The predicted molar refractivity (Wildman–Crippen MR) is 65.3 cm³/mol. The average Bonchev–Trinajstić information content (AvgIpc) is 3.06. The highest BCUT2D eigenvalue weighted by Crippen LogP contribution is 2.48. The Labute approximate surface area is 107 Å². The third-order valence-corrected chi connectivity index (χ3v) is 3.40. The molecule has 18 heavy (non-hydrogen) atoms. The second kappa shape index (κ2) is 4.14. The van der Waals surface area contributed by atoms with Crippen LogP contribution in [0.1, 0.15) is 46.5 Å². The van der Waals surface area contributed by atoms with Crippen LogP contribution in [-0.4, -0.2) is 40.3 Å². The van der Waals surface area contributed by atoms with Crippen LogP contribution in [-0.2, 0) is 9.53 Å². The maximum atomic E-state index is 12.1. The molecule has 0 atom stereocenters. The zero-order valence-corrected chi connectivity index (χ0v) is 11.2. The summed E-state index contributed by atoms with van der Waals surface area (Å²) < 4.78 is 5.35. The molecule has 1 N–H and O–H groups in total. The van der Waals surface area contributed by atoms with Gasteiger partial charge in [0.2, 0.25) is 0 Å². The standard InChI is InChI=1S/C13H21NO4/c1-12(2,3)18-11(17)14(9-4-5-9)8-13(6-7-13)10(15)16/h9H,4-8H2,1-3H3,(H,15,16). The molecule has 0 saturated heterocycles. The van der Waals surface area contributed by atoms with Crippen molar-refractivity contribution in [2.45, 2.75) is 58.1 Å². The molecule has 2 rings (SSSR count). The van der Waals surface area contributed by atoms with Crippen LogP contribution in [0.3, 0.4) is 0 Å². The van der Waals surface area contributed by atoms with Crippen molar-refractivity contribution in [1.29, 1.82) is 0 Å². The van der Waals surface area contributed by atoms with E-state index < -0.39 is 17.0 Å². The number of carboxylic acids is 1. The molecule has 102 valence electrons. The Morgan fingerprint density at radius 1 is 1.33 bits per heavy atom. The molecular formula is C13H21NO4. The molecule has 0 bridgehead atoms. The average molecular weight is 255 g/mol. The maximum Gasteiger partial charge on any atom is 0.410 e. The summed E-state index contributed by atoms with van der Waals surface area (Å²) in [5.74, 6) is -0.795. The van der Waals surface area contributed by atoms with E-state index in [2.05, 4.69) is 0 Å². The van der Waals surface area contributed by atoms with E-state index in [1.807, 2.05) is 20.8 Å². The molecule has 2 saturated carbocycles. The van der Waals surface area contributed by atoms with Crippen molar-refractivity contribution in [1.82, 2.24) is 4.90 Å². The minimum Gasteiger partial charge on any atom is -0.481 e. The molecule has 0 aliphatic heterocycles. The van der Waals surface area contributed by atoms with E-state index in [-0.39, 0.29) is 12.1 Å². The van der Waals surface area contributed by atoms with Crippen molar-refractivity contribution in [3.05, 3.63) is 0 Å². The smallest absolute Gasteiger partial charge is 0.410 e. The first kappa shape index (κ1) is 13.2. The molecule has 2 aliphatic rings. The van der Waals surface area contributed by atoms with Gasteiger partial charge in [-0.15, -0.1) is 0 Å². The van der Waals surface area contributed by atoms with Gasteiger partial charge < -0.3 is 14.7 Å². The highest BCUT2D eigenvalue weighted by Gasteiger charge is 2.54. The van der Waals surface area contributed by atoms with Gasteiger partial charge in [0.1, 0.15) is 5.60 Å². The largest absolute Gasteiger partial charge is 0.481 e. The summed E-state index contributed by atoms with van der Waals surface area (Å²) in [4.78, 5) is 24.9. The fourth-order valence-electron chi connectivity index (χ4n) is 1.97. The van der Waals surface area contributed by atoms with E-state index >= 15 is 0 Å². The molecule has 5 heteroatoms. The second-order valence-corrected chi connectivity index (χ2v) is 6.42. The van der Waals surface area contributed by atoms with Gasteiger partial charge in [-0.3, -0.25) is 4.79 Å². The van der Waals surface area contributed by atoms with Crippen LogP contribution in [0.25, 0.3) is 0 Å². The number of hydrogen-bond donors (Lipinski definition) is 1. The molecule has 5 nitrogen and oxygen atoms in total. The third kappa shape index (κ3) is 2.94. The quantitative estimate of drug-likeness (QED) is 0.836. The summed E-state index contributed by atoms with van der Waals surface area (Å²) >= 11 is 0. The van der Waals surface area contributed by atoms with Gasteiger partial charge >= 0.3 is 12.1 Å². The van der Waals surface area contributed by atoms with Gasteiger partial charge in [0.05, 0.1) is 5.41 Å². The Kier molecular flexibility index (Phi) is 3.03. The van der Waals surface area contributed by atoms with E-state index in [1.165, 1.54) is 0 Å². The van der Waals surface area contributed by atoms with Gasteiger partial charge in [-0.25, -0.2) is 4.79 Å². The molecule has 2 fully saturated rings. The number of carboxylic acid groups (broad SMARTS) is 1. The first-order valence-electron chi connectivity index (χ1n) is 6.47. The molecular weight excluding hydrogens is 234 g/mol. The van der Waals surface area contributed by atoms with Crippen LogP contribution < -0.4 is 0 Å². The molecule has 0 aromatic heterocycles. The lowest BCUT2D eigenvalue weighted by atomic mass is 10.1. The minimum absolute atomic E-state index is 0.177. The lowest BCUT2D eigenvalue weighted by Gasteiger charge is -2.29. The molecule has 2 aliphatic carbocycles. The summed E-state index contributed by atoms with van der Waals surface area (Å²) in [5.41, 5.74) is -1.25. The van der Waals surface area contributed by atoms with Crippen LogP contribution in [0.15, 0.2) is 0 Å². The lowest BCUT2D eigenvalue weighted by molar-refractivity contribution is -0.144. The molecule has 0 radical (unpaired) electrons. The molecule has 0 aromatic rings. The number of carbonyl (C=O) groups excluding carboxylic acids is 1. The molecule has 0 aromatic carbocycles. The SMILES string of the molecule is CC(C)(C)OC(=O)N(CC1(C(=O)O)CC1)C1CC1. The van der Waals surface area contributed by atoms with E-state index in [1.54, 1.807) is 4.90 Å². The highest BCUT2D eigenvalue weighted by molar-refractivity contribution is 5.79. The maximum absolute atomic E-state index is 12.1. The fraction of sp³-hybridized carbons (Fsp3) is 0.846. The number of carbonyl (C=O) groups is 2. The van der Waals surface area contributed by atoms with Crippen LogP contribution in [0, 0.1) is 5.41 Å². The summed E-state index contributed by atoms with van der Waals surface area (Å²) in [6.07, 6.45) is 2.85. The zero-order chi connectivity index (χ0) is 13.6. The molecule has 1 amide bonds. The number of rotatable bonds is 4. The summed E-state index contributed by atoms with van der Waals surface area (Å²) in [6.45, 7) is 5.75. The number of nitrogens with zero attached hydrogens (tertiary/aromatic N) is 1. The van der Waals surface area contributed by atoms with Crippen molar-refractivity contribution in [2.24, 2.45) is 5.41 Å². The summed E-state index contributed by atoms with van der Waals surface area (Å²) in [6, 6.07) is 0.177. The van der Waals surface area contributed by atoms with Gasteiger partial charge in [0.15, 0.2) is 0 Å². The Morgan fingerprint density at radius 3 is 2.22 bits per heavy atom. The molecule has 0 heterocycles. The topological polar surface area (TPSA) is 66.8 Å². The first-order valence-corrected chi connectivity index (χ1v) is 6.47. The summed E-state index contributed by atoms with van der Waals surface area (Å²) in [7, 11) is 0. The molecule has 0 spiro atoms. The van der Waals surface area contributed by atoms with Crippen molar-refractivity contribution < 1.29 is 19.4 Å². The number of amides is 1. The Balaban J connectivity index is 2.01. The van der Waals surface area contributed by atoms with Crippen LogP contribution in [0.5, 0.6) is 0 Å². The van der Waals surface area contributed by atoms with E-state index in [9.17, 15) is 14.7 Å². The van der Waals surface area contributed by atoms with Gasteiger partial charge in [-0.1, -0.05) is 0 Å². The van der Waals surface area contributed by atoms with Gasteiger partial charge in [0.25, 0.3) is 0 Å². The predicted octanol–water partition coefficient (Wildman–Crippen LogP) is 2.25. The Morgan fingerprint density at radius 2 is 1.89 bits per heavy atom. The zero-order valence-electron chi connectivity index (χ0n) is 11.2. The number of hydrogen-bond acceptors (Lipinski definition) is 3. The molecule has 0 unspecified atom stereocenters. The van der Waals surface area contributed by atoms with Crippen molar-refractivity contribution >= 4 is 12.1 Å². The van der Waals surface area contributed by atoms with Gasteiger partial charge in [-0.2, -0.15) is 0 Å².